The molecule has 1 aliphatic heterocycles. The summed E-state index contributed by atoms with van der Waals surface area (Å²) in [5.74, 6) is -4.53. The molecule has 0 aliphatic carbocycles. The van der Waals surface area contributed by atoms with E-state index in [9.17, 15) is 28.4 Å². The Balaban J connectivity index is 2.28. The van der Waals surface area contributed by atoms with Gasteiger partial charge >= 0.3 is 0 Å². The van der Waals surface area contributed by atoms with Gasteiger partial charge in [0.05, 0.1) is 23.3 Å². The number of aromatic nitrogens is 1. The monoisotopic (exact) mass is 481 g/mol. The lowest BCUT2D eigenvalue weighted by Crippen LogP contribution is -2.48. The highest BCUT2D eigenvalue weighted by Gasteiger charge is 2.36. The van der Waals surface area contributed by atoms with Crippen LogP contribution in [0.15, 0.2) is 24.4 Å². The van der Waals surface area contributed by atoms with Gasteiger partial charge < -0.3 is 21.3 Å². The number of carbonyl (C=O) groups excluding carboxylic acids is 5. The van der Waals surface area contributed by atoms with Crippen molar-refractivity contribution in [3.8, 4) is 0 Å². The number of halogens is 2. The SMILES string of the molecule is C=C(CCF)C(=O)Nc1ncc(Cl)cc1C(=O)N[C@@H](C[C@@H]1C[C@@H](C)NC1=O)C(=O)C(=O)NC. The van der Waals surface area contributed by atoms with Crippen molar-refractivity contribution in [2.45, 2.75) is 38.3 Å². The molecule has 2 heterocycles. The highest BCUT2D eigenvalue weighted by Crippen LogP contribution is 2.23. The molecule has 1 saturated heterocycles. The number of hydrogen-bond donors (Lipinski definition) is 4. The van der Waals surface area contributed by atoms with Crippen molar-refractivity contribution in [2.24, 2.45) is 5.92 Å². The van der Waals surface area contributed by atoms with Crippen LogP contribution in [0.25, 0.3) is 0 Å². The first-order chi connectivity index (χ1) is 15.6. The minimum atomic E-state index is -1.32. The maximum absolute atomic E-state index is 13.0. The number of hydrogen-bond acceptors (Lipinski definition) is 6. The number of ketones is 1. The summed E-state index contributed by atoms with van der Waals surface area (Å²) in [5.41, 5.74) is -0.252. The summed E-state index contributed by atoms with van der Waals surface area (Å²) in [4.78, 5) is 65.8. The number of likely N-dealkylation sites (N-methyl/N-ethyl adjacent to an activating group) is 1. The third kappa shape index (κ3) is 6.82. The molecule has 0 bridgehead atoms. The minimum Gasteiger partial charge on any atom is -0.353 e. The lowest BCUT2D eigenvalue weighted by Gasteiger charge is -2.20. The zero-order valence-corrected chi connectivity index (χ0v) is 18.9. The Morgan fingerprint density at radius 3 is 2.61 bits per heavy atom. The lowest BCUT2D eigenvalue weighted by molar-refractivity contribution is -0.139. The van der Waals surface area contributed by atoms with Gasteiger partial charge in [-0.2, -0.15) is 0 Å². The summed E-state index contributed by atoms with van der Waals surface area (Å²) in [6.45, 7) is 4.48. The molecular weight excluding hydrogens is 457 g/mol. The average molecular weight is 482 g/mol. The van der Waals surface area contributed by atoms with E-state index in [1.165, 1.54) is 19.3 Å². The van der Waals surface area contributed by atoms with E-state index in [1.807, 2.05) is 0 Å². The molecule has 1 aliphatic rings. The molecule has 0 spiro atoms. The van der Waals surface area contributed by atoms with Gasteiger partial charge in [-0.25, -0.2) is 4.98 Å². The van der Waals surface area contributed by atoms with Crippen LogP contribution in [0.3, 0.4) is 0 Å². The third-order valence-corrected chi connectivity index (χ3v) is 5.25. The van der Waals surface area contributed by atoms with Crippen molar-refractivity contribution < 1.29 is 28.4 Å². The van der Waals surface area contributed by atoms with Gasteiger partial charge in [0.1, 0.15) is 5.82 Å². The van der Waals surface area contributed by atoms with Gasteiger partial charge in [-0.05, 0) is 25.8 Å². The lowest BCUT2D eigenvalue weighted by atomic mass is 9.94. The normalized spacial score (nSPS) is 18.1. The average Bonchev–Trinajstić information content (AvgIpc) is 3.09. The van der Waals surface area contributed by atoms with Crippen LogP contribution >= 0.6 is 11.6 Å². The Kier molecular flexibility index (Phi) is 9.03. The van der Waals surface area contributed by atoms with Crippen LogP contribution in [0.1, 0.15) is 36.5 Å². The van der Waals surface area contributed by atoms with E-state index in [1.54, 1.807) is 6.92 Å². The number of alkyl halides is 1. The summed E-state index contributed by atoms with van der Waals surface area (Å²) in [6, 6.07) is -0.212. The Hall–Kier alpha value is -3.34. The highest BCUT2D eigenvalue weighted by molar-refractivity contribution is 6.38. The van der Waals surface area contributed by atoms with Crippen LogP contribution in [0.4, 0.5) is 10.2 Å². The summed E-state index contributed by atoms with van der Waals surface area (Å²) in [6.07, 6.45) is 1.31. The number of Topliss-reactive ketones (excluding diaryl/α,β-unsaturated/α-hetero) is 1. The fraction of sp³-hybridized carbons (Fsp3) is 0.429. The van der Waals surface area contributed by atoms with E-state index in [0.29, 0.717) is 6.42 Å². The fourth-order valence-corrected chi connectivity index (χ4v) is 3.48. The molecule has 10 nitrogen and oxygen atoms in total. The summed E-state index contributed by atoms with van der Waals surface area (Å²) >= 11 is 5.95. The summed E-state index contributed by atoms with van der Waals surface area (Å²) in [7, 11) is 1.27. The molecule has 3 atom stereocenters. The number of pyridine rings is 1. The molecule has 1 aromatic heterocycles. The van der Waals surface area contributed by atoms with E-state index in [0.717, 1.165) is 0 Å². The molecule has 12 heteroatoms. The van der Waals surface area contributed by atoms with Gasteiger partial charge in [0.15, 0.2) is 0 Å². The van der Waals surface area contributed by atoms with E-state index in [-0.39, 0.29) is 46.8 Å². The molecule has 0 unspecified atom stereocenters. The van der Waals surface area contributed by atoms with Crippen LogP contribution in [-0.4, -0.2) is 60.2 Å². The minimum absolute atomic E-state index is 0.0605. The predicted molar refractivity (Wildman–Crippen MR) is 118 cm³/mol. The molecule has 1 aromatic rings. The van der Waals surface area contributed by atoms with Crippen molar-refractivity contribution in [1.29, 1.82) is 0 Å². The second-order valence-corrected chi connectivity index (χ2v) is 8.03. The van der Waals surface area contributed by atoms with Crippen LogP contribution in [0.2, 0.25) is 5.02 Å². The van der Waals surface area contributed by atoms with Crippen molar-refractivity contribution in [1.82, 2.24) is 20.9 Å². The maximum Gasteiger partial charge on any atom is 0.289 e. The first-order valence-corrected chi connectivity index (χ1v) is 10.5. The zero-order valence-electron chi connectivity index (χ0n) is 18.2. The molecule has 0 radical (unpaired) electrons. The maximum atomic E-state index is 13.0. The van der Waals surface area contributed by atoms with E-state index in [2.05, 4.69) is 32.8 Å². The van der Waals surface area contributed by atoms with Gasteiger partial charge in [0, 0.05) is 37.2 Å². The van der Waals surface area contributed by atoms with Crippen LogP contribution < -0.4 is 21.3 Å². The molecule has 4 amide bonds. The van der Waals surface area contributed by atoms with Crippen molar-refractivity contribution in [3.63, 3.8) is 0 Å². The predicted octanol–water partition coefficient (Wildman–Crippen LogP) is 0.918. The molecule has 0 saturated carbocycles. The highest BCUT2D eigenvalue weighted by atomic mass is 35.5. The Bertz CT molecular complexity index is 986. The number of rotatable bonds is 10. The number of carbonyl (C=O) groups is 5. The van der Waals surface area contributed by atoms with Crippen LogP contribution in [0.5, 0.6) is 0 Å². The largest absolute Gasteiger partial charge is 0.353 e. The Morgan fingerprint density at radius 1 is 1.33 bits per heavy atom. The first kappa shape index (κ1) is 25.9. The number of nitrogens with zero attached hydrogens (tertiary/aromatic N) is 1. The second kappa shape index (κ2) is 11.5. The van der Waals surface area contributed by atoms with E-state index in [4.69, 9.17) is 11.6 Å². The number of amides is 4. The summed E-state index contributed by atoms with van der Waals surface area (Å²) in [5, 5.41) is 9.80. The van der Waals surface area contributed by atoms with Crippen molar-refractivity contribution in [2.75, 3.05) is 19.0 Å². The smallest absolute Gasteiger partial charge is 0.289 e. The molecule has 178 valence electrons. The standard InChI is InChI=1S/C21H25ClFN5O5/c1-10(4-5-23)18(30)28-17-14(8-13(22)9-25-17)20(32)27-15(16(29)21(33)24-3)7-12-6-11(2)26-19(12)31/h8-9,11-12,15H,1,4-7H2,2-3H3,(H,24,33)(H,26,31)(H,27,32)(H,25,28,30)/t11-,12+,15+/m1/s1. The van der Waals surface area contributed by atoms with E-state index >= 15 is 0 Å². The second-order valence-electron chi connectivity index (χ2n) is 7.59. The topological polar surface area (TPSA) is 146 Å². The van der Waals surface area contributed by atoms with Gasteiger partial charge in [0.2, 0.25) is 11.7 Å². The zero-order chi connectivity index (χ0) is 24.7. The van der Waals surface area contributed by atoms with Crippen LogP contribution in [0, 0.1) is 5.92 Å². The number of anilines is 1. The van der Waals surface area contributed by atoms with Gasteiger partial charge in [0.25, 0.3) is 17.7 Å². The Labute approximate surface area is 194 Å². The molecule has 33 heavy (non-hydrogen) atoms. The van der Waals surface area contributed by atoms with Crippen molar-refractivity contribution >= 4 is 46.8 Å². The van der Waals surface area contributed by atoms with Gasteiger partial charge in [-0.15, -0.1) is 0 Å². The van der Waals surface area contributed by atoms with Crippen LogP contribution in [-0.2, 0) is 19.2 Å². The third-order valence-electron chi connectivity index (χ3n) is 5.04. The quantitative estimate of drug-likeness (QED) is 0.288. The van der Waals surface area contributed by atoms with E-state index < -0.39 is 42.1 Å². The molecular formula is C21H25ClFN5O5. The molecule has 0 aromatic carbocycles. The fourth-order valence-electron chi connectivity index (χ4n) is 3.33. The molecule has 4 N–H and O–H groups in total. The van der Waals surface area contributed by atoms with Gasteiger partial charge in [-0.1, -0.05) is 18.2 Å². The van der Waals surface area contributed by atoms with Gasteiger partial charge in [-0.3, -0.25) is 28.4 Å². The van der Waals surface area contributed by atoms with Crippen molar-refractivity contribution in [3.05, 3.63) is 35.0 Å². The first-order valence-electron chi connectivity index (χ1n) is 10.1. The number of nitrogens with one attached hydrogen (secondary N) is 4. The Morgan fingerprint density at radius 2 is 2.03 bits per heavy atom. The summed E-state index contributed by atoms with van der Waals surface area (Å²) < 4.78 is 12.5. The molecule has 1 fully saturated rings. The molecule has 2 rings (SSSR count).